The summed E-state index contributed by atoms with van der Waals surface area (Å²) in [5, 5.41) is 6.93. The van der Waals surface area contributed by atoms with Crippen molar-refractivity contribution in [1.29, 1.82) is 0 Å². The average molecular weight is 277 g/mol. The van der Waals surface area contributed by atoms with E-state index < -0.39 is 0 Å². The summed E-state index contributed by atoms with van der Waals surface area (Å²) >= 11 is 0. The van der Waals surface area contributed by atoms with Gasteiger partial charge in [-0.2, -0.15) is 0 Å². The minimum Gasteiger partial charge on any atom is -0.370 e. The molecule has 1 unspecified atom stereocenters. The third kappa shape index (κ3) is 3.60. The third-order valence-electron chi connectivity index (χ3n) is 3.90. The van der Waals surface area contributed by atoms with Gasteiger partial charge >= 0.3 is 0 Å². The van der Waals surface area contributed by atoms with Crippen LogP contribution in [0.1, 0.15) is 38.1 Å². The second-order valence-corrected chi connectivity index (χ2v) is 5.50. The first-order valence-corrected chi connectivity index (χ1v) is 7.72. The Labute approximate surface area is 122 Å². The molecule has 1 atom stereocenters. The van der Waals surface area contributed by atoms with Crippen LogP contribution in [0.3, 0.4) is 0 Å². The second-order valence-electron chi connectivity index (χ2n) is 5.50. The molecule has 5 heteroatoms. The van der Waals surface area contributed by atoms with Crippen molar-refractivity contribution < 1.29 is 0 Å². The van der Waals surface area contributed by atoms with Crippen molar-refractivity contribution in [3.05, 3.63) is 11.4 Å². The predicted molar refractivity (Wildman–Crippen MR) is 84.4 cm³/mol. The summed E-state index contributed by atoms with van der Waals surface area (Å²) < 4.78 is 0. The lowest BCUT2D eigenvalue weighted by molar-refractivity contribution is 0.226. The average Bonchev–Trinajstić information content (AvgIpc) is 2.44. The van der Waals surface area contributed by atoms with E-state index in [9.17, 15) is 0 Å². The molecular formula is C15H27N5. The fourth-order valence-electron chi connectivity index (χ4n) is 2.76. The van der Waals surface area contributed by atoms with Crippen molar-refractivity contribution in [2.45, 2.75) is 46.6 Å². The number of anilines is 2. The monoisotopic (exact) mass is 277 g/mol. The van der Waals surface area contributed by atoms with Gasteiger partial charge < -0.3 is 15.5 Å². The van der Waals surface area contributed by atoms with Gasteiger partial charge in [0.25, 0.3) is 0 Å². The number of nitrogens with one attached hydrogen (secondary N) is 2. The lowest BCUT2D eigenvalue weighted by Crippen LogP contribution is -2.42. The van der Waals surface area contributed by atoms with Crippen LogP contribution in [-0.2, 0) is 0 Å². The predicted octanol–water partition coefficient (Wildman–Crippen LogP) is 2.42. The number of piperidine rings is 1. The molecule has 0 saturated carbocycles. The molecule has 0 radical (unpaired) electrons. The molecule has 1 aromatic rings. The molecule has 20 heavy (non-hydrogen) atoms. The van der Waals surface area contributed by atoms with Gasteiger partial charge in [0.15, 0.2) is 0 Å². The Morgan fingerprint density at radius 3 is 2.65 bits per heavy atom. The highest BCUT2D eigenvalue weighted by Gasteiger charge is 2.20. The number of likely N-dealkylation sites (N-methyl/N-ethyl adjacent to an activating group) is 1. The summed E-state index contributed by atoms with van der Waals surface area (Å²) in [5.74, 6) is 2.75. The lowest BCUT2D eigenvalue weighted by atomic mass is 10.1. The van der Waals surface area contributed by atoms with Crippen LogP contribution in [0.25, 0.3) is 0 Å². The van der Waals surface area contributed by atoms with Gasteiger partial charge in [-0.3, -0.25) is 0 Å². The van der Waals surface area contributed by atoms with E-state index in [4.69, 9.17) is 0 Å². The maximum absolute atomic E-state index is 4.58. The Balaban J connectivity index is 2.12. The molecule has 5 nitrogen and oxygen atoms in total. The Morgan fingerprint density at radius 2 is 1.95 bits per heavy atom. The van der Waals surface area contributed by atoms with Gasteiger partial charge in [-0.15, -0.1) is 0 Å². The number of hydrogen-bond acceptors (Lipinski definition) is 5. The molecule has 1 fully saturated rings. The summed E-state index contributed by atoms with van der Waals surface area (Å²) in [6.07, 6.45) is 2.48. The summed E-state index contributed by atoms with van der Waals surface area (Å²) in [6, 6.07) is 0.492. The van der Waals surface area contributed by atoms with E-state index in [2.05, 4.69) is 46.3 Å². The molecular weight excluding hydrogens is 250 g/mol. The fraction of sp³-hybridized carbons (Fsp3) is 0.733. The van der Waals surface area contributed by atoms with Crippen molar-refractivity contribution in [2.24, 2.45) is 0 Å². The van der Waals surface area contributed by atoms with E-state index in [0.29, 0.717) is 6.04 Å². The minimum absolute atomic E-state index is 0.492. The molecule has 1 saturated heterocycles. The smallest absolute Gasteiger partial charge is 0.135 e. The highest BCUT2D eigenvalue weighted by Crippen LogP contribution is 2.22. The molecule has 2 N–H and O–H groups in total. The third-order valence-corrected chi connectivity index (χ3v) is 3.90. The first-order valence-electron chi connectivity index (χ1n) is 7.72. The minimum atomic E-state index is 0.492. The van der Waals surface area contributed by atoms with Gasteiger partial charge in [0, 0.05) is 24.7 Å². The summed E-state index contributed by atoms with van der Waals surface area (Å²) in [5.41, 5.74) is 1.12. The van der Waals surface area contributed by atoms with Crippen LogP contribution in [0, 0.1) is 13.8 Å². The number of aryl methyl sites for hydroxylation is 1. The van der Waals surface area contributed by atoms with Crippen LogP contribution < -0.4 is 10.6 Å². The Hall–Kier alpha value is -1.36. The highest BCUT2D eigenvalue weighted by molar-refractivity contribution is 5.57. The molecule has 1 aliphatic heterocycles. The number of hydrogen-bond donors (Lipinski definition) is 2. The molecule has 0 amide bonds. The van der Waals surface area contributed by atoms with Crippen LogP contribution in [0.5, 0.6) is 0 Å². The van der Waals surface area contributed by atoms with Crippen LogP contribution in [0.2, 0.25) is 0 Å². The number of aromatic nitrogens is 2. The first-order chi connectivity index (χ1) is 9.63. The second kappa shape index (κ2) is 6.88. The van der Waals surface area contributed by atoms with Gasteiger partial charge in [0.05, 0.1) is 0 Å². The maximum Gasteiger partial charge on any atom is 0.135 e. The molecule has 2 rings (SSSR count). The van der Waals surface area contributed by atoms with Gasteiger partial charge in [0.1, 0.15) is 17.5 Å². The van der Waals surface area contributed by atoms with Crippen LogP contribution in [0.15, 0.2) is 0 Å². The molecule has 0 bridgehead atoms. The van der Waals surface area contributed by atoms with E-state index in [-0.39, 0.29) is 0 Å². The lowest BCUT2D eigenvalue weighted by Gasteiger charge is -2.33. The number of nitrogens with zero attached hydrogens (tertiary/aromatic N) is 3. The van der Waals surface area contributed by atoms with Crippen molar-refractivity contribution in [1.82, 2.24) is 14.9 Å². The Bertz CT molecular complexity index is 446. The quantitative estimate of drug-likeness (QED) is 0.865. The van der Waals surface area contributed by atoms with E-state index in [1.807, 2.05) is 6.92 Å². The van der Waals surface area contributed by atoms with Crippen molar-refractivity contribution in [3.8, 4) is 0 Å². The zero-order valence-corrected chi connectivity index (χ0v) is 13.2. The summed E-state index contributed by atoms with van der Waals surface area (Å²) in [4.78, 5) is 11.6. The molecule has 0 aliphatic carbocycles. The standard InChI is InChI=1S/C15H27N5/c1-5-16-14-11(3)15(18-12(4)17-14)19-13-8-7-9-20(6-2)10-13/h13H,5-10H2,1-4H3,(H2,16,17,18,19). The van der Waals surface area contributed by atoms with E-state index in [1.165, 1.54) is 19.4 Å². The molecule has 0 aromatic carbocycles. The SMILES string of the molecule is CCNc1nc(C)nc(NC2CCCN(CC)C2)c1C. The summed E-state index contributed by atoms with van der Waals surface area (Å²) in [6.45, 7) is 12.7. The Kier molecular flexibility index (Phi) is 5.17. The van der Waals surface area contributed by atoms with Crippen LogP contribution >= 0.6 is 0 Å². The Morgan fingerprint density at radius 1 is 1.20 bits per heavy atom. The van der Waals surface area contributed by atoms with E-state index in [1.54, 1.807) is 0 Å². The topological polar surface area (TPSA) is 53.1 Å². The molecule has 2 heterocycles. The number of rotatable bonds is 5. The van der Waals surface area contributed by atoms with Gasteiger partial charge in [0.2, 0.25) is 0 Å². The van der Waals surface area contributed by atoms with Gasteiger partial charge in [-0.25, -0.2) is 9.97 Å². The van der Waals surface area contributed by atoms with Gasteiger partial charge in [-0.1, -0.05) is 6.92 Å². The zero-order valence-electron chi connectivity index (χ0n) is 13.2. The van der Waals surface area contributed by atoms with Gasteiger partial charge in [-0.05, 0) is 46.7 Å². The first kappa shape index (κ1) is 15.0. The largest absolute Gasteiger partial charge is 0.370 e. The van der Waals surface area contributed by atoms with Crippen molar-refractivity contribution in [3.63, 3.8) is 0 Å². The fourth-order valence-corrected chi connectivity index (χ4v) is 2.76. The maximum atomic E-state index is 4.58. The normalized spacial score (nSPS) is 19.9. The van der Waals surface area contributed by atoms with Crippen LogP contribution in [0.4, 0.5) is 11.6 Å². The van der Waals surface area contributed by atoms with Crippen molar-refractivity contribution in [2.75, 3.05) is 36.8 Å². The number of likely N-dealkylation sites (tertiary alicyclic amines) is 1. The molecule has 0 spiro atoms. The van der Waals surface area contributed by atoms with Crippen molar-refractivity contribution >= 4 is 11.6 Å². The van der Waals surface area contributed by atoms with Crippen LogP contribution in [-0.4, -0.2) is 47.1 Å². The summed E-state index contributed by atoms with van der Waals surface area (Å²) in [7, 11) is 0. The zero-order chi connectivity index (χ0) is 14.5. The molecule has 1 aliphatic rings. The highest BCUT2D eigenvalue weighted by atomic mass is 15.2. The molecule has 112 valence electrons. The van der Waals surface area contributed by atoms with E-state index in [0.717, 1.165) is 42.7 Å². The molecule has 1 aromatic heterocycles. The van der Waals surface area contributed by atoms with E-state index >= 15 is 0 Å².